The molecule has 32 valence electrons. The fraction of sp³-hybridized carbons (Fsp3) is 0. The van der Waals surface area contributed by atoms with Gasteiger partial charge >= 0.3 is 7.30 Å². The first-order valence-corrected chi connectivity index (χ1v) is 3.10. The van der Waals surface area contributed by atoms with Crippen LogP contribution in [0.25, 0.3) is 0 Å². The molecule has 1 atom stereocenters. The lowest BCUT2D eigenvalue weighted by Gasteiger charge is -1.36. The molecule has 6 heavy (non-hydrogen) atoms. The van der Waals surface area contributed by atoms with Gasteiger partial charge in [0.1, 0.15) is 0 Å². The largest absolute Gasteiger partial charge is 0.619 e. The fourth-order valence-electron chi connectivity index (χ4n) is 0.0321. The standard InChI is InChI=1S/CClNO2P/c2-6(5)3-1-4/q+1. The Bertz CT molecular complexity index is 106. The van der Waals surface area contributed by atoms with Crippen LogP contribution in [0.2, 0.25) is 0 Å². The molecule has 0 bridgehead atoms. The van der Waals surface area contributed by atoms with Gasteiger partial charge in [-0.1, -0.05) is 0 Å². The summed E-state index contributed by atoms with van der Waals surface area (Å²) in [6.45, 7) is 0. The maximum atomic E-state index is 9.53. The van der Waals surface area contributed by atoms with Crippen LogP contribution in [0, 0.1) is 0 Å². The van der Waals surface area contributed by atoms with Crippen molar-refractivity contribution in [3.8, 4) is 0 Å². The van der Waals surface area contributed by atoms with Crippen LogP contribution in [-0.2, 0) is 9.36 Å². The zero-order chi connectivity index (χ0) is 4.99. The molecule has 0 fully saturated rings. The number of hydrogen-bond donors (Lipinski definition) is 0. The molecule has 0 aromatic heterocycles. The summed E-state index contributed by atoms with van der Waals surface area (Å²) in [5.74, 6) is 0. The molecular weight excluding hydrogens is 124 g/mol. The third-order valence-corrected chi connectivity index (χ3v) is 0.585. The Morgan fingerprint density at radius 3 is 2.33 bits per heavy atom. The monoisotopic (exact) mass is 124 g/mol. The third-order valence-electron chi connectivity index (χ3n) is 0.119. The summed E-state index contributed by atoms with van der Waals surface area (Å²) < 4.78 is 12.1. The smallest absolute Gasteiger partial charge is 0.207 e. The maximum absolute atomic E-state index is 9.53. The summed E-state index contributed by atoms with van der Waals surface area (Å²) in [7, 11) is -2.18. The van der Waals surface area contributed by atoms with Gasteiger partial charge < -0.3 is 0 Å². The first-order valence-electron chi connectivity index (χ1n) is 0.979. The molecule has 0 aliphatic rings. The van der Waals surface area contributed by atoms with Crippen LogP contribution < -0.4 is 0 Å². The molecule has 0 saturated carbocycles. The minimum Gasteiger partial charge on any atom is -0.207 e. The summed E-state index contributed by atoms with van der Waals surface area (Å²) in [4.78, 5) is 9.06. The Morgan fingerprint density at radius 1 is 1.83 bits per heavy atom. The van der Waals surface area contributed by atoms with E-state index < -0.39 is 7.30 Å². The van der Waals surface area contributed by atoms with Crippen molar-refractivity contribution < 1.29 is 9.36 Å². The molecule has 0 saturated heterocycles. The second-order valence-corrected chi connectivity index (χ2v) is 1.94. The molecule has 0 rings (SSSR count). The summed E-state index contributed by atoms with van der Waals surface area (Å²) in [6.07, 6.45) is 1.03. The first kappa shape index (κ1) is 5.77. The van der Waals surface area contributed by atoms with Gasteiger partial charge in [0.25, 0.3) is 6.08 Å². The van der Waals surface area contributed by atoms with Gasteiger partial charge in [0.05, 0.1) is 4.76 Å². The van der Waals surface area contributed by atoms with E-state index in [4.69, 9.17) is 4.79 Å². The van der Waals surface area contributed by atoms with Gasteiger partial charge in [-0.25, -0.2) is 4.79 Å². The first-order chi connectivity index (χ1) is 2.77. The second kappa shape index (κ2) is 2.98. The van der Waals surface area contributed by atoms with Crippen LogP contribution in [0.4, 0.5) is 0 Å². The minimum absolute atomic E-state index is 1.03. The van der Waals surface area contributed by atoms with Crippen LogP contribution in [0.3, 0.4) is 0 Å². The molecule has 0 radical (unpaired) electrons. The lowest BCUT2D eigenvalue weighted by Crippen LogP contribution is -1.34. The Balaban J connectivity index is 3.60. The number of nitrogens with zero attached hydrogens (tertiary/aromatic N) is 1. The van der Waals surface area contributed by atoms with E-state index in [1.807, 2.05) is 0 Å². The van der Waals surface area contributed by atoms with Gasteiger partial charge in [-0.2, -0.15) is 0 Å². The van der Waals surface area contributed by atoms with E-state index in [-0.39, 0.29) is 0 Å². The molecular formula is CClNO2P+. The van der Waals surface area contributed by atoms with Crippen molar-refractivity contribution in [2.45, 2.75) is 0 Å². The van der Waals surface area contributed by atoms with Crippen LogP contribution in [0.5, 0.6) is 0 Å². The maximum Gasteiger partial charge on any atom is 0.619 e. The van der Waals surface area contributed by atoms with Crippen molar-refractivity contribution in [2.75, 3.05) is 0 Å². The highest BCUT2D eigenvalue weighted by atomic mass is 35.7. The average molecular weight is 124 g/mol. The molecule has 1 unspecified atom stereocenters. The summed E-state index contributed by atoms with van der Waals surface area (Å²) in [5, 5.41) is 0. The quantitative estimate of drug-likeness (QED) is 0.300. The van der Waals surface area contributed by atoms with Crippen molar-refractivity contribution in [1.82, 2.24) is 0 Å². The normalized spacial score (nSPS) is 9.17. The molecule has 0 aliphatic carbocycles. The number of carbonyl (C=O) groups excluding carboxylic acids is 1. The summed E-state index contributed by atoms with van der Waals surface area (Å²) >= 11 is 4.66. The van der Waals surface area contributed by atoms with Gasteiger partial charge in [-0.05, 0) is 4.57 Å². The van der Waals surface area contributed by atoms with Crippen LogP contribution >= 0.6 is 18.5 Å². The Labute approximate surface area is 39.7 Å². The Kier molecular flexibility index (Phi) is 2.87. The van der Waals surface area contributed by atoms with E-state index in [1.165, 1.54) is 0 Å². The van der Waals surface area contributed by atoms with Crippen molar-refractivity contribution in [1.29, 1.82) is 0 Å². The van der Waals surface area contributed by atoms with E-state index in [2.05, 4.69) is 16.0 Å². The zero-order valence-electron chi connectivity index (χ0n) is 2.59. The predicted molar refractivity (Wildman–Crippen MR) is 21.6 cm³/mol. The number of isocyanates is 1. The van der Waals surface area contributed by atoms with Gasteiger partial charge in [0.2, 0.25) is 11.2 Å². The van der Waals surface area contributed by atoms with Crippen molar-refractivity contribution in [3.05, 3.63) is 0 Å². The Hall–Kier alpha value is -0.230. The van der Waals surface area contributed by atoms with Gasteiger partial charge in [-0.15, -0.1) is 0 Å². The van der Waals surface area contributed by atoms with Crippen LogP contribution in [-0.4, -0.2) is 6.08 Å². The topological polar surface area (TPSA) is 46.5 Å². The molecule has 3 nitrogen and oxygen atoms in total. The Morgan fingerprint density at radius 2 is 2.33 bits per heavy atom. The van der Waals surface area contributed by atoms with E-state index in [0.717, 1.165) is 6.08 Å². The van der Waals surface area contributed by atoms with Gasteiger partial charge in [-0.3, -0.25) is 0 Å². The highest BCUT2D eigenvalue weighted by Gasteiger charge is 2.04. The highest BCUT2D eigenvalue weighted by Crippen LogP contribution is 2.25. The fourth-order valence-corrected chi connectivity index (χ4v) is 0.189. The summed E-state index contributed by atoms with van der Waals surface area (Å²) in [6, 6.07) is 0. The van der Waals surface area contributed by atoms with Crippen LogP contribution in [0.1, 0.15) is 0 Å². The third kappa shape index (κ3) is 3.77. The molecule has 0 amide bonds. The highest BCUT2D eigenvalue weighted by molar-refractivity contribution is 7.72. The van der Waals surface area contributed by atoms with Crippen LogP contribution in [0.15, 0.2) is 4.76 Å². The number of rotatable bonds is 1. The van der Waals surface area contributed by atoms with E-state index in [0.29, 0.717) is 0 Å². The SMILES string of the molecule is O=C=N[P+](=O)Cl. The van der Waals surface area contributed by atoms with E-state index >= 15 is 0 Å². The molecule has 0 spiro atoms. The number of hydrogen-bond acceptors (Lipinski definition) is 2. The van der Waals surface area contributed by atoms with Gasteiger partial charge in [0.15, 0.2) is 0 Å². The van der Waals surface area contributed by atoms with Gasteiger partial charge in [0, 0.05) is 0 Å². The summed E-state index contributed by atoms with van der Waals surface area (Å²) in [5.41, 5.74) is 0. The zero-order valence-corrected chi connectivity index (χ0v) is 4.24. The van der Waals surface area contributed by atoms with Crippen molar-refractivity contribution in [2.24, 2.45) is 4.76 Å². The van der Waals surface area contributed by atoms with Crippen molar-refractivity contribution >= 4 is 24.6 Å². The minimum atomic E-state index is -2.18. The average Bonchev–Trinajstić information content (AvgIpc) is 1.35. The molecule has 0 aromatic rings. The molecule has 0 aromatic carbocycles. The molecule has 0 heterocycles. The van der Waals surface area contributed by atoms with Crippen molar-refractivity contribution in [3.63, 3.8) is 0 Å². The lowest BCUT2D eigenvalue weighted by molar-refractivity contribution is 0.565. The van der Waals surface area contributed by atoms with E-state index in [1.54, 1.807) is 0 Å². The molecule has 5 heteroatoms. The second-order valence-electron chi connectivity index (χ2n) is 0.418. The molecule has 0 aliphatic heterocycles. The predicted octanol–water partition coefficient (Wildman–Crippen LogP) is 1.22. The lowest BCUT2D eigenvalue weighted by atomic mass is 11.7. The number of halogens is 1. The van der Waals surface area contributed by atoms with E-state index in [9.17, 15) is 4.57 Å². The molecule has 0 N–H and O–H groups in total.